The Balaban J connectivity index is 0.000000150. The minimum atomic E-state index is -0.445. The molecule has 0 atom stereocenters. The fourth-order valence-electron chi connectivity index (χ4n) is 9.15. The van der Waals surface area contributed by atoms with Gasteiger partial charge in [0.2, 0.25) is 5.91 Å². The molecule has 0 radical (unpaired) electrons. The molecule has 0 spiro atoms. The topological polar surface area (TPSA) is 161 Å². The lowest BCUT2D eigenvalue weighted by atomic mass is 9.90. The number of hydrogen-bond donors (Lipinski definition) is 3. The second-order valence-electron chi connectivity index (χ2n) is 15.7. The first-order valence-corrected chi connectivity index (χ1v) is 22.4. The Morgan fingerprint density at radius 3 is 1.50 bits per heavy atom. The molecule has 2 saturated carbocycles. The van der Waals surface area contributed by atoms with E-state index in [-0.39, 0.29) is 0 Å². The standard InChI is InChI=1S/C21H23ClN4O2S.C21H25N5O2S/c2*22-19(27)13-1-6-17-16(11-13)18-20(23-12-24-21(18)29-17)25-14-2-4-15(5-3-14)26-7-9-28-10-8-26/h1,6,11-12,14-15H,2-5,7-10H2,(H,23,24,25);1,6,11-12,14-15H,2-5,7-10H2,(H2,22,27)(H,23,24,25). The van der Waals surface area contributed by atoms with Crippen molar-refractivity contribution in [2.75, 3.05) is 63.2 Å². The number of halogens is 1. The van der Waals surface area contributed by atoms with E-state index in [1.54, 1.807) is 47.5 Å². The van der Waals surface area contributed by atoms with Gasteiger partial charge in [-0.15, -0.1) is 22.7 Å². The number of nitrogens with two attached hydrogens (primary N) is 1. The van der Waals surface area contributed by atoms with E-state index in [9.17, 15) is 9.59 Å². The van der Waals surface area contributed by atoms with E-state index in [1.165, 1.54) is 25.7 Å². The van der Waals surface area contributed by atoms with Gasteiger partial charge in [-0.2, -0.15) is 0 Å². The van der Waals surface area contributed by atoms with Crippen LogP contribution in [0.1, 0.15) is 72.1 Å². The molecule has 0 bridgehead atoms. The molecule has 4 aliphatic rings. The average molecular weight is 842 g/mol. The molecule has 10 rings (SSSR count). The summed E-state index contributed by atoms with van der Waals surface area (Å²) in [5, 5.41) is 10.9. The molecule has 6 aromatic rings. The number of primary amides is 1. The zero-order valence-corrected chi connectivity index (χ0v) is 34.7. The number of aromatic nitrogens is 4. The Morgan fingerprint density at radius 1 is 0.638 bits per heavy atom. The SMILES string of the molecule is NC(=O)c1ccc2sc3ncnc(NC4CCC(N5CCOCC5)CC4)c3c2c1.O=C(Cl)c1ccc2sc3ncnc(NC4CCC(N5CCOCC5)CC4)c3c2c1. The van der Waals surface area contributed by atoms with Crippen LogP contribution < -0.4 is 16.4 Å². The predicted octanol–water partition coefficient (Wildman–Crippen LogP) is 7.28. The summed E-state index contributed by atoms with van der Waals surface area (Å²) < 4.78 is 13.1. The molecule has 1 amide bonds. The number of anilines is 2. The number of rotatable bonds is 8. The third-order valence-corrected chi connectivity index (χ3v) is 14.6. The molecule has 58 heavy (non-hydrogen) atoms. The van der Waals surface area contributed by atoms with Gasteiger partial charge in [0.05, 0.1) is 37.2 Å². The number of morpholine rings is 2. The third kappa shape index (κ3) is 8.49. The third-order valence-electron chi connectivity index (χ3n) is 12.2. The molecule has 4 fully saturated rings. The number of hydrogen-bond acceptors (Lipinski definition) is 14. The molecule has 2 aliphatic carbocycles. The zero-order valence-electron chi connectivity index (χ0n) is 32.3. The van der Waals surface area contributed by atoms with Crippen LogP contribution in [0.3, 0.4) is 0 Å². The second kappa shape index (κ2) is 17.6. The van der Waals surface area contributed by atoms with Gasteiger partial charge in [0.1, 0.15) is 34.0 Å². The minimum absolute atomic E-state index is 0.401. The number of nitrogens with one attached hydrogen (secondary N) is 2. The van der Waals surface area contributed by atoms with Crippen LogP contribution in [0.15, 0.2) is 49.1 Å². The molecule has 2 saturated heterocycles. The van der Waals surface area contributed by atoms with Gasteiger partial charge in [-0.05, 0) is 99.4 Å². The Labute approximate surface area is 349 Å². The largest absolute Gasteiger partial charge is 0.379 e. The van der Waals surface area contributed by atoms with Crippen molar-refractivity contribution in [3.8, 4) is 0 Å². The maximum Gasteiger partial charge on any atom is 0.252 e. The first-order valence-electron chi connectivity index (χ1n) is 20.4. The molecular weight excluding hydrogens is 794 g/mol. The number of carbonyl (C=O) groups is 2. The summed E-state index contributed by atoms with van der Waals surface area (Å²) in [4.78, 5) is 48.3. The molecular formula is C42H48ClN9O4S2. The smallest absolute Gasteiger partial charge is 0.252 e. The van der Waals surface area contributed by atoms with Crippen molar-refractivity contribution < 1.29 is 19.1 Å². The van der Waals surface area contributed by atoms with Crippen LogP contribution in [0.25, 0.3) is 40.6 Å². The van der Waals surface area contributed by atoms with Crippen LogP contribution in [-0.2, 0) is 9.47 Å². The van der Waals surface area contributed by atoms with Gasteiger partial charge >= 0.3 is 0 Å². The summed E-state index contributed by atoms with van der Waals surface area (Å²) in [6.07, 6.45) is 12.5. The van der Waals surface area contributed by atoms with Crippen molar-refractivity contribution >= 4 is 97.7 Å². The van der Waals surface area contributed by atoms with Crippen molar-refractivity contribution in [2.45, 2.75) is 75.5 Å². The highest BCUT2D eigenvalue weighted by Gasteiger charge is 2.29. The van der Waals surface area contributed by atoms with Crippen molar-refractivity contribution in [3.05, 3.63) is 60.2 Å². The quantitative estimate of drug-likeness (QED) is 0.132. The Kier molecular flexibility index (Phi) is 12.0. The Morgan fingerprint density at radius 2 is 1.07 bits per heavy atom. The van der Waals surface area contributed by atoms with Crippen molar-refractivity contribution in [2.24, 2.45) is 5.73 Å². The van der Waals surface area contributed by atoms with Gasteiger partial charge in [0.15, 0.2) is 0 Å². The Hall–Kier alpha value is -4.09. The zero-order chi connectivity index (χ0) is 39.6. The lowest BCUT2D eigenvalue weighted by Gasteiger charge is -2.39. The lowest BCUT2D eigenvalue weighted by Crippen LogP contribution is -2.46. The van der Waals surface area contributed by atoms with Crippen LogP contribution in [0.2, 0.25) is 0 Å². The highest BCUT2D eigenvalue weighted by atomic mass is 35.5. The lowest BCUT2D eigenvalue weighted by molar-refractivity contribution is 0.00788. The van der Waals surface area contributed by atoms with Gasteiger partial charge in [-0.25, -0.2) is 19.9 Å². The number of fused-ring (bicyclic) bond motifs is 6. The monoisotopic (exact) mass is 841 g/mol. The number of carbonyl (C=O) groups excluding carboxylic acids is 2. The number of benzene rings is 2. The number of ether oxygens (including phenoxy) is 2. The van der Waals surface area contributed by atoms with Crippen molar-refractivity contribution in [3.63, 3.8) is 0 Å². The fraction of sp³-hybridized carbons (Fsp3) is 0.476. The van der Waals surface area contributed by atoms with Crippen LogP contribution in [0.4, 0.5) is 11.6 Å². The summed E-state index contributed by atoms with van der Waals surface area (Å²) in [5.74, 6) is 1.30. The van der Waals surface area contributed by atoms with Crippen molar-refractivity contribution in [1.29, 1.82) is 0 Å². The minimum Gasteiger partial charge on any atom is -0.379 e. The van der Waals surface area contributed by atoms with Crippen LogP contribution in [-0.4, -0.2) is 118 Å². The van der Waals surface area contributed by atoms with E-state index in [4.69, 9.17) is 26.8 Å². The number of nitrogens with zero attached hydrogens (tertiary/aromatic N) is 6. The second-order valence-corrected chi connectivity index (χ2v) is 18.1. The first-order chi connectivity index (χ1) is 28.4. The fourth-order valence-corrected chi connectivity index (χ4v) is 11.3. The number of amides is 1. The van der Waals surface area contributed by atoms with Gasteiger partial charge < -0.3 is 25.8 Å². The maximum absolute atomic E-state index is 11.6. The molecule has 13 nitrogen and oxygen atoms in total. The molecule has 4 aromatic heterocycles. The highest BCUT2D eigenvalue weighted by molar-refractivity contribution is 7.26. The number of thiophene rings is 2. The van der Waals surface area contributed by atoms with Gasteiger partial charge in [0.25, 0.3) is 5.24 Å². The predicted molar refractivity (Wildman–Crippen MR) is 233 cm³/mol. The first kappa shape index (κ1) is 39.4. The summed E-state index contributed by atoms with van der Waals surface area (Å²) in [7, 11) is 0. The molecule has 4 N–H and O–H groups in total. The molecule has 304 valence electrons. The molecule has 6 heterocycles. The van der Waals surface area contributed by atoms with Gasteiger partial charge in [0, 0.05) is 81.6 Å². The van der Waals surface area contributed by atoms with Crippen LogP contribution in [0, 0.1) is 0 Å². The van der Waals surface area contributed by atoms with Crippen molar-refractivity contribution in [1.82, 2.24) is 29.7 Å². The summed E-state index contributed by atoms with van der Waals surface area (Å²) in [6.45, 7) is 7.64. The molecule has 2 aromatic carbocycles. The van der Waals surface area contributed by atoms with E-state index >= 15 is 0 Å². The summed E-state index contributed by atoms with van der Waals surface area (Å²) in [6, 6.07) is 13.3. The van der Waals surface area contributed by atoms with Gasteiger partial charge in [-0.3, -0.25) is 19.4 Å². The summed E-state index contributed by atoms with van der Waals surface area (Å²) in [5.41, 5.74) is 6.50. The van der Waals surface area contributed by atoms with E-state index in [1.807, 2.05) is 24.3 Å². The van der Waals surface area contributed by atoms with Gasteiger partial charge in [-0.1, -0.05) is 0 Å². The van der Waals surface area contributed by atoms with Crippen LogP contribution >= 0.6 is 34.3 Å². The molecule has 2 aliphatic heterocycles. The maximum atomic E-state index is 11.6. The van der Waals surface area contributed by atoms with E-state index in [0.29, 0.717) is 35.3 Å². The average Bonchev–Trinajstić information content (AvgIpc) is 3.84. The molecule has 16 heteroatoms. The van der Waals surface area contributed by atoms with E-state index in [2.05, 4.69) is 40.4 Å². The normalized spacial score (nSPS) is 23.5. The summed E-state index contributed by atoms with van der Waals surface area (Å²) >= 11 is 8.93. The van der Waals surface area contributed by atoms with E-state index in [0.717, 1.165) is 131 Å². The van der Waals surface area contributed by atoms with Crippen LogP contribution in [0.5, 0.6) is 0 Å². The highest BCUT2D eigenvalue weighted by Crippen LogP contribution is 2.39. The molecule has 0 unspecified atom stereocenters. The van der Waals surface area contributed by atoms with E-state index < -0.39 is 11.1 Å². The Bertz CT molecular complexity index is 2250.